The predicted octanol–water partition coefficient (Wildman–Crippen LogP) is 5.66. The maximum absolute atomic E-state index is 12.5. The second-order valence-electron chi connectivity index (χ2n) is 8.91. The molecule has 2 atom stereocenters. The maximum Gasteiger partial charge on any atom is 0.310 e. The van der Waals surface area contributed by atoms with E-state index in [4.69, 9.17) is 4.74 Å². The number of rotatable bonds is 6. The molecule has 0 bridgehead atoms. The quantitative estimate of drug-likeness (QED) is 0.568. The van der Waals surface area contributed by atoms with Gasteiger partial charge in [0.05, 0.1) is 12.5 Å². The number of carbonyl (C=O) groups is 1. The summed E-state index contributed by atoms with van der Waals surface area (Å²) in [4.78, 5) is 14.9. The van der Waals surface area contributed by atoms with Crippen molar-refractivity contribution < 1.29 is 9.53 Å². The summed E-state index contributed by atoms with van der Waals surface area (Å²) < 4.78 is 5.38. The molecule has 2 aromatic rings. The average Bonchev–Trinajstić information content (AvgIpc) is 2.96. The second-order valence-corrected chi connectivity index (χ2v) is 8.91. The van der Waals surface area contributed by atoms with Crippen molar-refractivity contribution in [3.8, 4) is 0 Å². The molecule has 2 aliphatic rings. The number of esters is 1. The van der Waals surface area contributed by atoms with Gasteiger partial charge in [0, 0.05) is 12.6 Å². The van der Waals surface area contributed by atoms with Crippen molar-refractivity contribution in [2.75, 3.05) is 20.2 Å². The highest BCUT2D eigenvalue weighted by Crippen LogP contribution is 2.34. The van der Waals surface area contributed by atoms with E-state index >= 15 is 0 Å². The topological polar surface area (TPSA) is 29.5 Å². The van der Waals surface area contributed by atoms with E-state index in [1.54, 1.807) is 0 Å². The largest absolute Gasteiger partial charge is 0.466 e. The van der Waals surface area contributed by atoms with Gasteiger partial charge >= 0.3 is 5.97 Å². The van der Waals surface area contributed by atoms with Gasteiger partial charge < -0.3 is 9.64 Å². The van der Waals surface area contributed by atoms with Crippen molar-refractivity contribution in [2.45, 2.75) is 57.9 Å². The van der Waals surface area contributed by atoms with Crippen LogP contribution in [-0.2, 0) is 22.4 Å². The van der Waals surface area contributed by atoms with Gasteiger partial charge in [-0.2, -0.15) is 0 Å². The Labute approximate surface area is 187 Å². The molecule has 0 aliphatic heterocycles. The Hall–Kier alpha value is -2.39. The molecule has 2 aromatic carbocycles. The van der Waals surface area contributed by atoms with Crippen LogP contribution >= 0.6 is 0 Å². The third-order valence-corrected chi connectivity index (χ3v) is 6.99. The summed E-state index contributed by atoms with van der Waals surface area (Å²) in [5, 5.41) is 0. The molecule has 0 spiro atoms. The number of fused-ring (bicyclic) bond motifs is 2. The first-order valence-electron chi connectivity index (χ1n) is 11.9. The number of hydrogen-bond acceptors (Lipinski definition) is 3. The van der Waals surface area contributed by atoms with Crippen LogP contribution in [0.4, 0.5) is 0 Å². The zero-order chi connectivity index (χ0) is 21.6. The van der Waals surface area contributed by atoms with Crippen molar-refractivity contribution in [1.29, 1.82) is 0 Å². The minimum Gasteiger partial charge on any atom is -0.466 e. The highest BCUT2D eigenvalue weighted by atomic mass is 16.5. The Balaban J connectivity index is 1.52. The van der Waals surface area contributed by atoms with E-state index in [0.29, 0.717) is 12.6 Å². The van der Waals surface area contributed by atoms with Gasteiger partial charge in [0.15, 0.2) is 0 Å². The minimum absolute atomic E-state index is 0.0102. The van der Waals surface area contributed by atoms with E-state index in [1.807, 2.05) is 6.92 Å². The molecule has 0 aromatic heterocycles. The Kier molecular flexibility index (Phi) is 7.24. The first-order chi connectivity index (χ1) is 15.2. The fourth-order valence-electron chi connectivity index (χ4n) is 5.38. The predicted molar refractivity (Wildman–Crippen MR) is 127 cm³/mol. The van der Waals surface area contributed by atoms with Crippen LogP contribution in [-0.4, -0.2) is 37.1 Å². The SMILES string of the molecule is CCOC(=O)[C@H]1CCCC[C@H]1N(C)CCC=C1c2ccccc2CCc2ccccc21. The van der Waals surface area contributed by atoms with Gasteiger partial charge in [0.25, 0.3) is 0 Å². The molecule has 2 aliphatic carbocycles. The van der Waals surface area contributed by atoms with Gasteiger partial charge in [0.1, 0.15) is 0 Å². The zero-order valence-corrected chi connectivity index (χ0v) is 19.0. The van der Waals surface area contributed by atoms with E-state index in [9.17, 15) is 4.79 Å². The number of hydrogen-bond donors (Lipinski definition) is 0. The van der Waals surface area contributed by atoms with Gasteiger partial charge in [-0.25, -0.2) is 0 Å². The third-order valence-electron chi connectivity index (χ3n) is 6.99. The summed E-state index contributed by atoms with van der Waals surface area (Å²) in [5.74, 6) is 0.00899. The maximum atomic E-state index is 12.5. The lowest BCUT2D eigenvalue weighted by Gasteiger charge is -2.36. The van der Waals surface area contributed by atoms with Crippen LogP contribution in [0.15, 0.2) is 54.6 Å². The zero-order valence-electron chi connectivity index (χ0n) is 19.0. The molecular weight excluding hydrogens is 382 g/mol. The van der Waals surface area contributed by atoms with Gasteiger partial charge in [-0.05, 0) is 73.9 Å². The molecule has 1 saturated carbocycles. The molecule has 4 rings (SSSR count). The average molecular weight is 418 g/mol. The summed E-state index contributed by atoms with van der Waals surface area (Å²) in [7, 11) is 2.18. The summed E-state index contributed by atoms with van der Waals surface area (Å²) in [6, 6.07) is 18.0. The number of aryl methyl sites for hydroxylation is 2. The summed E-state index contributed by atoms with van der Waals surface area (Å²) >= 11 is 0. The van der Waals surface area contributed by atoms with Crippen LogP contribution in [0.1, 0.15) is 61.3 Å². The molecule has 3 heteroatoms. The van der Waals surface area contributed by atoms with Gasteiger partial charge in [-0.3, -0.25) is 4.79 Å². The van der Waals surface area contributed by atoms with Gasteiger partial charge in [0.2, 0.25) is 0 Å². The van der Waals surface area contributed by atoms with E-state index in [-0.39, 0.29) is 11.9 Å². The first-order valence-corrected chi connectivity index (χ1v) is 11.9. The van der Waals surface area contributed by atoms with Crippen LogP contribution in [0.5, 0.6) is 0 Å². The van der Waals surface area contributed by atoms with E-state index in [0.717, 1.165) is 45.1 Å². The monoisotopic (exact) mass is 417 g/mol. The molecule has 0 radical (unpaired) electrons. The van der Waals surface area contributed by atoms with E-state index < -0.39 is 0 Å². The number of carbonyl (C=O) groups excluding carboxylic acids is 1. The molecule has 1 fully saturated rings. The van der Waals surface area contributed by atoms with Crippen molar-refractivity contribution in [2.24, 2.45) is 5.92 Å². The van der Waals surface area contributed by atoms with E-state index in [1.165, 1.54) is 34.2 Å². The summed E-state index contributed by atoms with van der Waals surface area (Å²) in [6.07, 6.45) is 9.94. The minimum atomic E-state index is -0.0102. The molecule has 164 valence electrons. The molecular formula is C28H35NO2. The number of nitrogens with zero attached hydrogens (tertiary/aromatic N) is 1. The number of benzene rings is 2. The Morgan fingerprint density at radius 2 is 1.61 bits per heavy atom. The molecule has 31 heavy (non-hydrogen) atoms. The lowest BCUT2D eigenvalue weighted by Crippen LogP contribution is -2.44. The van der Waals surface area contributed by atoms with Crippen molar-refractivity contribution in [1.82, 2.24) is 4.90 Å². The molecule has 0 unspecified atom stereocenters. The molecule has 0 N–H and O–H groups in total. The Morgan fingerprint density at radius 1 is 1.00 bits per heavy atom. The highest BCUT2D eigenvalue weighted by Gasteiger charge is 2.34. The highest BCUT2D eigenvalue weighted by molar-refractivity contribution is 5.83. The smallest absolute Gasteiger partial charge is 0.310 e. The molecule has 0 saturated heterocycles. The fourth-order valence-corrected chi connectivity index (χ4v) is 5.38. The second kappa shape index (κ2) is 10.3. The summed E-state index contributed by atoms with van der Waals surface area (Å²) in [5.41, 5.74) is 6.98. The summed E-state index contributed by atoms with van der Waals surface area (Å²) in [6.45, 7) is 3.32. The van der Waals surface area contributed by atoms with Crippen LogP contribution in [0, 0.1) is 5.92 Å². The van der Waals surface area contributed by atoms with E-state index in [2.05, 4.69) is 66.6 Å². The standard InChI is InChI=1S/C28H35NO2/c1-3-31-28(30)26-15-8-9-17-27(26)29(2)20-10-16-25-23-13-6-4-11-21(23)18-19-22-12-5-7-14-24(22)25/h4-7,11-14,16,26-27H,3,8-10,15,17-20H2,1-2H3/t26-,27+/m0/s1. The van der Waals surface area contributed by atoms with Crippen molar-refractivity contribution in [3.05, 3.63) is 76.9 Å². The van der Waals surface area contributed by atoms with Crippen molar-refractivity contribution in [3.63, 3.8) is 0 Å². The van der Waals surface area contributed by atoms with Crippen LogP contribution in [0.3, 0.4) is 0 Å². The lowest BCUT2D eigenvalue weighted by molar-refractivity contribution is -0.151. The lowest BCUT2D eigenvalue weighted by atomic mass is 9.83. The number of ether oxygens (including phenoxy) is 1. The molecule has 3 nitrogen and oxygen atoms in total. The third kappa shape index (κ3) is 4.93. The normalized spacial score (nSPS) is 20.5. The van der Waals surface area contributed by atoms with Gasteiger partial charge in [-0.1, -0.05) is 67.4 Å². The Bertz CT molecular complexity index is 883. The first kappa shape index (κ1) is 21.8. The van der Waals surface area contributed by atoms with Crippen LogP contribution in [0.2, 0.25) is 0 Å². The molecule has 0 heterocycles. The van der Waals surface area contributed by atoms with Crippen LogP contribution < -0.4 is 0 Å². The van der Waals surface area contributed by atoms with Crippen molar-refractivity contribution >= 4 is 11.5 Å². The van der Waals surface area contributed by atoms with Crippen LogP contribution in [0.25, 0.3) is 5.57 Å². The Morgan fingerprint density at radius 3 is 2.26 bits per heavy atom. The fraction of sp³-hybridized carbons (Fsp3) is 0.464. The van der Waals surface area contributed by atoms with Gasteiger partial charge in [-0.15, -0.1) is 0 Å². The molecule has 0 amide bonds.